The molecule has 0 unspecified atom stereocenters. The van der Waals surface area contributed by atoms with Crippen molar-refractivity contribution in [2.45, 2.75) is 25.6 Å². The van der Waals surface area contributed by atoms with E-state index in [4.69, 9.17) is 14.0 Å². The van der Waals surface area contributed by atoms with Crippen molar-refractivity contribution in [2.75, 3.05) is 31.6 Å². The van der Waals surface area contributed by atoms with Gasteiger partial charge in [0, 0.05) is 44.4 Å². The molecule has 0 saturated carbocycles. The van der Waals surface area contributed by atoms with E-state index in [1.54, 1.807) is 17.9 Å². The minimum Gasteiger partial charge on any atom is -0.360 e. The summed E-state index contributed by atoms with van der Waals surface area (Å²) < 4.78 is 16.3. The van der Waals surface area contributed by atoms with Gasteiger partial charge in [0.05, 0.1) is 24.3 Å². The van der Waals surface area contributed by atoms with Gasteiger partial charge in [-0.2, -0.15) is 0 Å². The quantitative estimate of drug-likeness (QED) is 0.872. The molecule has 2 aromatic heterocycles. The molecule has 9 nitrogen and oxygen atoms in total. The molecule has 2 aliphatic rings. The Morgan fingerprint density at radius 3 is 2.48 bits per heavy atom. The van der Waals surface area contributed by atoms with E-state index in [0.717, 1.165) is 0 Å². The van der Waals surface area contributed by atoms with Crippen LogP contribution in [0.2, 0.25) is 0 Å². The highest BCUT2D eigenvalue weighted by Crippen LogP contribution is 2.31. The number of aromatic nitrogens is 2. The smallest absolute Gasteiger partial charge is 0.258 e. The van der Waals surface area contributed by atoms with E-state index in [9.17, 15) is 9.59 Å². The lowest BCUT2D eigenvalue weighted by Gasteiger charge is -2.37. The highest BCUT2D eigenvalue weighted by atomic mass is 16.7. The monoisotopic (exact) mass is 372 g/mol. The van der Waals surface area contributed by atoms with Crippen LogP contribution in [0.4, 0.5) is 5.82 Å². The predicted molar refractivity (Wildman–Crippen MR) is 93.2 cm³/mol. The summed E-state index contributed by atoms with van der Waals surface area (Å²) in [6.07, 6.45) is 4.15. The van der Waals surface area contributed by atoms with Crippen molar-refractivity contribution in [3.05, 3.63) is 41.4 Å². The van der Waals surface area contributed by atoms with E-state index < -0.39 is 11.7 Å². The molecule has 2 aromatic rings. The number of carbonyl (C=O) groups is 2. The number of ether oxygens (including phenoxy) is 2. The number of aryl methyl sites for hydroxylation is 1. The number of pyridine rings is 1. The Kier molecular flexibility index (Phi) is 4.63. The van der Waals surface area contributed by atoms with Crippen LogP contribution in [0.25, 0.3) is 0 Å². The molecule has 142 valence electrons. The topological polar surface area (TPSA) is 107 Å². The zero-order valence-corrected chi connectivity index (χ0v) is 14.9. The third-order valence-corrected chi connectivity index (χ3v) is 4.74. The second-order valence-electron chi connectivity index (χ2n) is 6.64. The van der Waals surface area contributed by atoms with Crippen LogP contribution >= 0.6 is 0 Å². The Balaban J connectivity index is 1.42. The molecule has 4 rings (SSSR count). The van der Waals surface area contributed by atoms with Crippen LogP contribution in [0.15, 0.2) is 29.0 Å². The number of rotatable bonds is 3. The van der Waals surface area contributed by atoms with Gasteiger partial charge in [-0.25, -0.2) is 0 Å². The fraction of sp³-hybridized carbons (Fsp3) is 0.444. The number of hydrogen-bond donors (Lipinski definition) is 1. The lowest BCUT2D eigenvalue weighted by Crippen LogP contribution is -2.47. The van der Waals surface area contributed by atoms with Gasteiger partial charge in [0.25, 0.3) is 11.8 Å². The van der Waals surface area contributed by atoms with Crippen molar-refractivity contribution in [1.29, 1.82) is 0 Å². The maximum absolute atomic E-state index is 12.8. The normalized spacial score (nSPS) is 18.6. The second-order valence-corrected chi connectivity index (χ2v) is 6.64. The van der Waals surface area contributed by atoms with Gasteiger partial charge in [-0.3, -0.25) is 14.6 Å². The van der Waals surface area contributed by atoms with Crippen LogP contribution in [0.5, 0.6) is 0 Å². The molecule has 9 heteroatoms. The van der Waals surface area contributed by atoms with Gasteiger partial charge < -0.3 is 24.2 Å². The number of likely N-dealkylation sites (tertiary alicyclic amines) is 1. The minimum absolute atomic E-state index is 0.165. The first-order valence-electron chi connectivity index (χ1n) is 8.82. The van der Waals surface area contributed by atoms with Crippen LogP contribution in [0.3, 0.4) is 0 Å². The number of hydrogen-bond acceptors (Lipinski definition) is 7. The maximum atomic E-state index is 12.8. The number of carbonyl (C=O) groups excluding carboxylic acids is 2. The Hall–Kier alpha value is -2.78. The van der Waals surface area contributed by atoms with Crippen LogP contribution in [0, 0.1) is 6.92 Å². The van der Waals surface area contributed by atoms with Gasteiger partial charge >= 0.3 is 0 Å². The van der Waals surface area contributed by atoms with Gasteiger partial charge in [-0.05, 0) is 13.0 Å². The molecule has 0 radical (unpaired) electrons. The van der Waals surface area contributed by atoms with E-state index in [2.05, 4.69) is 15.5 Å². The van der Waals surface area contributed by atoms with Crippen LogP contribution in [-0.4, -0.2) is 58.9 Å². The molecule has 0 aromatic carbocycles. The lowest BCUT2D eigenvalue weighted by molar-refractivity contribution is -0.181. The molecule has 1 N–H and O–H groups in total. The van der Waals surface area contributed by atoms with E-state index in [1.807, 2.05) is 0 Å². The molecule has 2 amide bonds. The molecule has 1 spiro atoms. The summed E-state index contributed by atoms with van der Waals surface area (Å²) in [5, 5.41) is 6.34. The zero-order valence-electron chi connectivity index (χ0n) is 14.9. The zero-order chi connectivity index (χ0) is 18.9. The number of nitrogens with zero attached hydrogens (tertiary/aromatic N) is 3. The Labute approximate surface area is 155 Å². The molecule has 0 atom stereocenters. The molecular weight excluding hydrogens is 352 g/mol. The summed E-state index contributed by atoms with van der Waals surface area (Å²) in [6.45, 7) is 4.00. The first kappa shape index (κ1) is 17.6. The molecule has 0 bridgehead atoms. The Morgan fingerprint density at radius 1 is 1.11 bits per heavy atom. The van der Waals surface area contributed by atoms with E-state index >= 15 is 0 Å². The van der Waals surface area contributed by atoms with Crippen molar-refractivity contribution < 1.29 is 23.6 Å². The number of anilines is 1. The number of amides is 2. The van der Waals surface area contributed by atoms with Gasteiger partial charge in [-0.1, -0.05) is 5.16 Å². The SMILES string of the molecule is Cc1cc(NC(=O)c2cncc(C(=O)N3CCC4(CC3)OCCO4)c2)no1. The molecule has 2 saturated heterocycles. The van der Waals surface area contributed by atoms with Crippen LogP contribution < -0.4 is 5.32 Å². The highest BCUT2D eigenvalue weighted by molar-refractivity contribution is 6.05. The van der Waals surface area contributed by atoms with E-state index in [0.29, 0.717) is 56.3 Å². The summed E-state index contributed by atoms with van der Waals surface area (Å²) in [5.41, 5.74) is 0.639. The predicted octanol–water partition coefficient (Wildman–Crippen LogP) is 1.61. The first-order chi connectivity index (χ1) is 13.0. The van der Waals surface area contributed by atoms with Gasteiger partial charge in [-0.15, -0.1) is 0 Å². The highest BCUT2D eigenvalue weighted by Gasteiger charge is 2.40. The average Bonchev–Trinajstić information content (AvgIpc) is 3.31. The molecule has 2 fully saturated rings. The third kappa shape index (κ3) is 3.69. The molecule has 27 heavy (non-hydrogen) atoms. The number of nitrogens with one attached hydrogen (secondary N) is 1. The Bertz CT molecular complexity index is 849. The maximum Gasteiger partial charge on any atom is 0.258 e. The minimum atomic E-state index is -0.535. The van der Waals surface area contributed by atoms with Gasteiger partial charge in [0.1, 0.15) is 5.76 Å². The molecule has 4 heterocycles. The lowest BCUT2D eigenvalue weighted by atomic mass is 10.0. The summed E-state index contributed by atoms with van der Waals surface area (Å²) in [5.74, 6) is -0.206. The fourth-order valence-corrected chi connectivity index (χ4v) is 3.31. The molecule has 2 aliphatic heterocycles. The second kappa shape index (κ2) is 7.09. The van der Waals surface area contributed by atoms with Crippen molar-refractivity contribution >= 4 is 17.6 Å². The first-order valence-corrected chi connectivity index (χ1v) is 8.82. The van der Waals surface area contributed by atoms with Crippen molar-refractivity contribution in [2.24, 2.45) is 0 Å². The summed E-state index contributed by atoms with van der Waals surface area (Å²) in [6, 6.07) is 3.14. The molecular formula is C18H20N4O5. The van der Waals surface area contributed by atoms with Crippen molar-refractivity contribution in [3.63, 3.8) is 0 Å². The average molecular weight is 372 g/mol. The van der Waals surface area contributed by atoms with Crippen LogP contribution in [0.1, 0.15) is 39.3 Å². The fourth-order valence-electron chi connectivity index (χ4n) is 3.31. The standard InChI is InChI=1S/C18H20N4O5/c1-12-8-15(21-27-12)20-16(23)13-9-14(11-19-10-13)17(24)22-4-2-18(3-5-22)25-6-7-26-18/h8-11H,2-7H2,1H3,(H,20,21,23). The van der Waals surface area contributed by atoms with Gasteiger partial charge in [0.2, 0.25) is 0 Å². The largest absolute Gasteiger partial charge is 0.360 e. The number of piperidine rings is 1. The van der Waals surface area contributed by atoms with Crippen molar-refractivity contribution in [1.82, 2.24) is 15.0 Å². The van der Waals surface area contributed by atoms with E-state index in [1.165, 1.54) is 18.5 Å². The summed E-state index contributed by atoms with van der Waals surface area (Å²) in [4.78, 5) is 30.9. The van der Waals surface area contributed by atoms with Crippen LogP contribution in [-0.2, 0) is 9.47 Å². The summed E-state index contributed by atoms with van der Waals surface area (Å²) in [7, 11) is 0. The van der Waals surface area contributed by atoms with Gasteiger partial charge in [0.15, 0.2) is 11.6 Å². The Morgan fingerprint density at radius 2 is 1.81 bits per heavy atom. The van der Waals surface area contributed by atoms with Crippen molar-refractivity contribution in [3.8, 4) is 0 Å². The summed E-state index contributed by atoms with van der Waals surface area (Å²) >= 11 is 0. The van der Waals surface area contributed by atoms with E-state index in [-0.39, 0.29) is 11.5 Å². The third-order valence-electron chi connectivity index (χ3n) is 4.74. The molecule has 0 aliphatic carbocycles.